The Bertz CT molecular complexity index is 756. The number of fused-ring (bicyclic) bond motifs is 1. The summed E-state index contributed by atoms with van der Waals surface area (Å²) < 4.78 is 30.7. The number of carbonyl (C=O) groups excluding carboxylic acids is 1. The molecule has 0 radical (unpaired) electrons. The number of nitrogens with one attached hydrogen (secondary N) is 1. The largest absolute Gasteiger partial charge is 0.492 e. The van der Waals surface area contributed by atoms with Crippen molar-refractivity contribution in [1.82, 2.24) is 10.3 Å². The number of hydrogen-bond acceptors (Lipinski definition) is 4. The second kappa shape index (κ2) is 8.29. The molecule has 1 aromatic heterocycles. The average Bonchev–Trinajstić information content (AvgIpc) is 3.06. The van der Waals surface area contributed by atoms with Crippen LogP contribution >= 0.6 is 11.8 Å². The quantitative estimate of drug-likeness (QED) is 0.601. The van der Waals surface area contributed by atoms with Crippen molar-refractivity contribution in [1.29, 1.82) is 0 Å². The zero-order valence-electron chi connectivity index (χ0n) is 13.5. The van der Waals surface area contributed by atoms with Gasteiger partial charge in [-0.25, -0.2) is 4.98 Å². The first-order chi connectivity index (χ1) is 12.1. The van der Waals surface area contributed by atoms with Crippen LogP contribution in [0.25, 0.3) is 0 Å². The number of ether oxygens (including phenoxy) is 1. The van der Waals surface area contributed by atoms with E-state index in [1.54, 1.807) is 6.07 Å². The lowest BCUT2D eigenvalue weighted by Gasteiger charge is -2.10. The van der Waals surface area contributed by atoms with Gasteiger partial charge < -0.3 is 10.1 Å². The van der Waals surface area contributed by atoms with Crippen LogP contribution in [0, 0.1) is 0 Å². The highest BCUT2D eigenvalue weighted by molar-refractivity contribution is 7.99. The summed E-state index contributed by atoms with van der Waals surface area (Å²) in [6.45, 7) is 0.589. The molecule has 0 bridgehead atoms. The van der Waals surface area contributed by atoms with Crippen LogP contribution in [0.2, 0.25) is 0 Å². The molecule has 7 heteroatoms. The zero-order valence-corrected chi connectivity index (χ0v) is 14.3. The number of nitrogens with zero attached hydrogens (tertiary/aromatic N) is 1. The fraction of sp³-hybridized carbons (Fsp3) is 0.333. The zero-order chi connectivity index (χ0) is 17.6. The minimum Gasteiger partial charge on any atom is -0.492 e. The van der Waals surface area contributed by atoms with E-state index in [4.69, 9.17) is 4.74 Å². The van der Waals surface area contributed by atoms with Gasteiger partial charge in [-0.3, -0.25) is 4.79 Å². The number of pyridine rings is 1. The highest BCUT2D eigenvalue weighted by Crippen LogP contribution is 2.27. The van der Waals surface area contributed by atoms with E-state index in [2.05, 4.69) is 16.4 Å². The highest BCUT2D eigenvalue weighted by atomic mass is 32.2. The number of aryl methyl sites for hydroxylation is 2. The van der Waals surface area contributed by atoms with Crippen molar-refractivity contribution in [3.8, 4) is 5.75 Å². The van der Waals surface area contributed by atoms with Crippen LogP contribution in [0.5, 0.6) is 5.75 Å². The summed E-state index contributed by atoms with van der Waals surface area (Å²) in [6, 6.07) is 9.09. The molecule has 1 N–H and O–H groups in total. The first kappa shape index (κ1) is 17.7. The van der Waals surface area contributed by atoms with Crippen molar-refractivity contribution in [3.05, 3.63) is 53.2 Å². The predicted octanol–water partition coefficient (Wildman–Crippen LogP) is 3.69. The van der Waals surface area contributed by atoms with E-state index in [0.717, 1.165) is 18.6 Å². The van der Waals surface area contributed by atoms with Gasteiger partial charge in [-0.2, -0.15) is 8.78 Å². The SMILES string of the molecule is O=C(NCCOc1ccc2c(c1)CCC2)c1cccnc1SC(F)F. The number of rotatable bonds is 7. The van der Waals surface area contributed by atoms with Gasteiger partial charge in [0.05, 0.1) is 12.1 Å². The molecule has 1 amide bonds. The van der Waals surface area contributed by atoms with Crippen LogP contribution in [-0.4, -0.2) is 29.8 Å². The maximum absolute atomic E-state index is 12.5. The summed E-state index contributed by atoms with van der Waals surface area (Å²) >= 11 is 0.264. The number of hydrogen-bond donors (Lipinski definition) is 1. The summed E-state index contributed by atoms with van der Waals surface area (Å²) in [6.07, 6.45) is 4.77. The third-order valence-corrected chi connectivity index (χ3v) is 4.67. The van der Waals surface area contributed by atoms with Gasteiger partial charge in [0.25, 0.3) is 11.7 Å². The van der Waals surface area contributed by atoms with E-state index in [1.807, 2.05) is 12.1 Å². The Labute approximate surface area is 149 Å². The molecule has 4 nitrogen and oxygen atoms in total. The lowest BCUT2D eigenvalue weighted by molar-refractivity contribution is 0.0943. The first-order valence-corrected chi connectivity index (χ1v) is 8.94. The summed E-state index contributed by atoms with van der Waals surface area (Å²) in [5.74, 6) is -2.27. The molecule has 1 aliphatic carbocycles. The number of carbonyl (C=O) groups is 1. The Hall–Kier alpha value is -2.15. The Morgan fingerprint density at radius 1 is 1.28 bits per heavy atom. The van der Waals surface area contributed by atoms with E-state index in [1.165, 1.54) is 29.8 Å². The van der Waals surface area contributed by atoms with Gasteiger partial charge in [-0.15, -0.1) is 0 Å². The van der Waals surface area contributed by atoms with E-state index >= 15 is 0 Å². The molecule has 0 saturated carbocycles. The number of thioether (sulfide) groups is 1. The maximum atomic E-state index is 12.5. The molecule has 3 rings (SSSR count). The number of halogens is 2. The Kier molecular flexibility index (Phi) is 5.86. The molecule has 0 aliphatic heterocycles. The van der Waals surface area contributed by atoms with Crippen molar-refractivity contribution < 1.29 is 18.3 Å². The Morgan fingerprint density at radius 3 is 2.96 bits per heavy atom. The van der Waals surface area contributed by atoms with E-state index in [0.29, 0.717) is 6.61 Å². The molecular formula is C18H18F2N2O2S. The molecule has 132 valence electrons. The molecule has 0 atom stereocenters. The first-order valence-electron chi connectivity index (χ1n) is 8.06. The van der Waals surface area contributed by atoms with Crippen molar-refractivity contribution >= 4 is 17.7 Å². The Balaban J connectivity index is 1.50. The molecule has 1 aliphatic rings. The van der Waals surface area contributed by atoms with Crippen molar-refractivity contribution in [2.24, 2.45) is 0 Å². The molecule has 1 aromatic carbocycles. The normalized spacial score (nSPS) is 12.9. The third kappa shape index (κ3) is 4.69. The van der Waals surface area contributed by atoms with Gasteiger partial charge in [0, 0.05) is 6.20 Å². The number of alkyl halides is 2. The second-order valence-electron chi connectivity index (χ2n) is 5.62. The van der Waals surface area contributed by atoms with Gasteiger partial charge >= 0.3 is 0 Å². The van der Waals surface area contributed by atoms with Crippen molar-refractivity contribution in [2.75, 3.05) is 13.2 Å². The fourth-order valence-corrected chi connectivity index (χ4v) is 3.39. The van der Waals surface area contributed by atoms with Gasteiger partial charge in [0.2, 0.25) is 0 Å². The molecule has 0 spiro atoms. The standard InChI is InChI=1S/C18H18F2N2O2S/c19-18(20)25-17-15(5-2-8-22-17)16(23)21-9-10-24-14-7-6-12-3-1-4-13(12)11-14/h2,5-8,11,18H,1,3-4,9-10H2,(H,21,23). The molecular weight excluding hydrogens is 346 g/mol. The number of amides is 1. The lowest BCUT2D eigenvalue weighted by atomic mass is 10.1. The predicted molar refractivity (Wildman–Crippen MR) is 92.4 cm³/mol. The number of aromatic nitrogens is 1. The van der Waals surface area contributed by atoms with Gasteiger partial charge in [-0.1, -0.05) is 6.07 Å². The van der Waals surface area contributed by atoms with Crippen LogP contribution in [-0.2, 0) is 12.8 Å². The highest BCUT2D eigenvalue weighted by Gasteiger charge is 2.16. The van der Waals surface area contributed by atoms with Crippen molar-refractivity contribution in [3.63, 3.8) is 0 Å². The molecule has 25 heavy (non-hydrogen) atoms. The van der Waals surface area contributed by atoms with E-state index in [9.17, 15) is 13.6 Å². The van der Waals surface area contributed by atoms with Crippen LogP contribution in [0.1, 0.15) is 27.9 Å². The van der Waals surface area contributed by atoms with E-state index < -0.39 is 11.7 Å². The lowest BCUT2D eigenvalue weighted by Crippen LogP contribution is -2.28. The summed E-state index contributed by atoms with van der Waals surface area (Å²) in [4.78, 5) is 16.0. The maximum Gasteiger partial charge on any atom is 0.290 e. The van der Waals surface area contributed by atoms with E-state index in [-0.39, 0.29) is 28.9 Å². The minimum absolute atomic E-state index is 0.0227. The third-order valence-electron chi connectivity index (χ3n) is 3.94. The van der Waals surface area contributed by atoms with Crippen LogP contribution in [0.4, 0.5) is 8.78 Å². The molecule has 0 saturated heterocycles. The number of benzene rings is 1. The average molecular weight is 364 g/mol. The molecule has 0 fully saturated rings. The van der Waals surface area contributed by atoms with Gasteiger partial charge in [-0.05, 0) is 66.4 Å². The van der Waals surface area contributed by atoms with Crippen molar-refractivity contribution in [2.45, 2.75) is 30.0 Å². The summed E-state index contributed by atoms with van der Waals surface area (Å²) in [7, 11) is 0. The Morgan fingerprint density at radius 2 is 2.12 bits per heavy atom. The van der Waals surface area contributed by atoms with Crippen LogP contribution in [0.3, 0.4) is 0 Å². The topological polar surface area (TPSA) is 51.2 Å². The smallest absolute Gasteiger partial charge is 0.290 e. The molecule has 1 heterocycles. The van der Waals surface area contributed by atoms with Gasteiger partial charge in [0.15, 0.2) is 0 Å². The summed E-state index contributed by atoms with van der Waals surface area (Å²) in [5.41, 5.74) is 2.84. The van der Waals surface area contributed by atoms with Gasteiger partial charge in [0.1, 0.15) is 17.4 Å². The summed E-state index contributed by atoms with van der Waals surface area (Å²) in [5, 5.41) is 2.70. The molecule has 0 unspecified atom stereocenters. The fourth-order valence-electron chi connectivity index (χ4n) is 2.81. The second-order valence-corrected chi connectivity index (χ2v) is 6.60. The monoisotopic (exact) mass is 364 g/mol. The van der Waals surface area contributed by atoms with Crippen LogP contribution < -0.4 is 10.1 Å². The molecule has 2 aromatic rings. The van der Waals surface area contributed by atoms with Crippen LogP contribution in [0.15, 0.2) is 41.6 Å². The minimum atomic E-state index is -2.62.